The number of nitrogens with two attached hydrogens (primary N) is 1. The minimum absolute atomic E-state index is 0.153. The van der Waals surface area contributed by atoms with Crippen LogP contribution in [0.2, 0.25) is 0 Å². The standard InChI is InChI=1S/C26H28N4O2/c27-18-20-10-4-5-11-23(20)29-25(19-8-2-1-3-9-19)26(32)28-21-13-15-22(16-14-21)30-17-7-6-12-24(30)31/h1-5,8-11,13-16,25,29H,6-7,12,17-18,27H2,(H,28,32)/t25-/m0/s1. The van der Waals surface area contributed by atoms with Crippen molar-refractivity contribution in [3.05, 3.63) is 90.0 Å². The molecule has 2 amide bonds. The van der Waals surface area contributed by atoms with Gasteiger partial charge in [-0.2, -0.15) is 0 Å². The summed E-state index contributed by atoms with van der Waals surface area (Å²) in [5.41, 5.74) is 10.1. The number of benzene rings is 3. The highest BCUT2D eigenvalue weighted by Gasteiger charge is 2.22. The number of para-hydroxylation sites is 1. The lowest BCUT2D eigenvalue weighted by molar-refractivity contribution is -0.119. The molecule has 0 radical (unpaired) electrons. The van der Waals surface area contributed by atoms with Crippen molar-refractivity contribution in [1.82, 2.24) is 0 Å². The van der Waals surface area contributed by atoms with Crippen molar-refractivity contribution < 1.29 is 9.59 Å². The van der Waals surface area contributed by atoms with Crippen molar-refractivity contribution in [2.45, 2.75) is 31.8 Å². The molecule has 1 atom stereocenters. The lowest BCUT2D eigenvalue weighted by atomic mass is 10.0. The molecule has 32 heavy (non-hydrogen) atoms. The Hall–Kier alpha value is -3.64. The molecule has 0 unspecified atom stereocenters. The van der Waals surface area contributed by atoms with Gasteiger partial charge in [-0.1, -0.05) is 48.5 Å². The number of hydrogen-bond acceptors (Lipinski definition) is 4. The molecule has 3 aromatic rings. The van der Waals surface area contributed by atoms with Crippen molar-refractivity contribution >= 4 is 28.9 Å². The summed E-state index contributed by atoms with van der Waals surface area (Å²) >= 11 is 0. The zero-order valence-electron chi connectivity index (χ0n) is 18.0. The second kappa shape index (κ2) is 10.1. The largest absolute Gasteiger partial charge is 0.370 e. The molecule has 164 valence electrons. The van der Waals surface area contributed by atoms with E-state index < -0.39 is 6.04 Å². The van der Waals surface area contributed by atoms with E-state index in [1.165, 1.54) is 0 Å². The Bertz CT molecular complexity index is 1070. The van der Waals surface area contributed by atoms with Crippen LogP contribution in [0.25, 0.3) is 0 Å². The molecule has 0 bridgehead atoms. The normalized spacial score (nSPS) is 14.7. The Morgan fingerprint density at radius 3 is 2.38 bits per heavy atom. The summed E-state index contributed by atoms with van der Waals surface area (Å²) in [5.74, 6) is -0.0234. The van der Waals surface area contributed by atoms with E-state index in [1.807, 2.05) is 83.8 Å². The first-order valence-corrected chi connectivity index (χ1v) is 11.0. The van der Waals surface area contributed by atoms with Crippen LogP contribution in [0.4, 0.5) is 17.1 Å². The van der Waals surface area contributed by atoms with E-state index >= 15 is 0 Å². The summed E-state index contributed by atoms with van der Waals surface area (Å²) in [6, 6.07) is 24.2. The number of nitrogens with one attached hydrogen (secondary N) is 2. The highest BCUT2D eigenvalue weighted by molar-refractivity contribution is 5.98. The third-order valence-corrected chi connectivity index (χ3v) is 5.70. The number of nitrogens with zero attached hydrogens (tertiary/aromatic N) is 1. The number of hydrogen-bond donors (Lipinski definition) is 3. The summed E-state index contributed by atoms with van der Waals surface area (Å²) in [7, 11) is 0. The Balaban J connectivity index is 1.53. The summed E-state index contributed by atoms with van der Waals surface area (Å²) in [6.07, 6.45) is 2.55. The molecule has 1 fully saturated rings. The Morgan fingerprint density at radius 2 is 1.66 bits per heavy atom. The smallest absolute Gasteiger partial charge is 0.251 e. The van der Waals surface area contributed by atoms with Gasteiger partial charge in [0.2, 0.25) is 5.91 Å². The molecule has 1 aliphatic rings. The van der Waals surface area contributed by atoms with Crippen molar-refractivity contribution in [1.29, 1.82) is 0 Å². The van der Waals surface area contributed by atoms with Crippen molar-refractivity contribution in [3.8, 4) is 0 Å². The number of amides is 2. The second-order valence-corrected chi connectivity index (χ2v) is 7.89. The highest BCUT2D eigenvalue weighted by atomic mass is 16.2. The van der Waals surface area contributed by atoms with Crippen molar-refractivity contribution in [2.75, 3.05) is 22.1 Å². The van der Waals surface area contributed by atoms with Gasteiger partial charge in [0.15, 0.2) is 0 Å². The molecule has 1 saturated heterocycles. The molecular weight excluding hydrogens is 400 g/mol. The number of piperidine rings is 1. The van der Waals surface area contributed by atoms with E-state index in [2.05, 4.69) is 10.6 Å². The van der Waals surface area contributed by atoms with Gasteiger partial charge < -0.3 is 21.3 Å². The van der Waals surface area contributed by atoms with Gasteiger partial charge in [0.1, 0.15) is 6.04 Å². The minimum atomic E-state index is -0.591. The summed E-state index contributed by atoms with van der Waals surface area (Å²) in [6.45, 7) is 1.12. The van der Waals surface area contributed by atoms with Gasteiger partial charge in [-0.25, -0.2) is 0 Å². The van der Waals surface area contributed by atoms with Crippen LogP contribution in [0, 0.1) is 0 Å². The maximum Gasteiger partial charge on any atom is 0.251 e. The molecule has 6 heteroatoms. The molecule has 4 N–H and O–H groups in total. The maximum absolute atomic E-state index is 13.3. The van der Waals surface area contributed by atoms with E-state index in [4.69, 9.17) is 5.73 Å². The Kier molecular flexibility index (Phi) is 6.82. The molecule has 4 rings (SSSR count). The van der Waals surface area contributed by atoms with Gasteiger partial charge in [-0.05, 0) is 54.3 Å². The van der Waals surface area contributed by atoms with Crippen LogP contribution in [0.5, 0.6) is 0 Å². The number of rotatable bonds is 7. The molecule has 1 heterocycles. The van der Waals surface area contributed by atoms with Gasteiger partial charge >= 0.3 is 0 Å². The zero-order valence-corrected chi connectivity index (χ0v) is 18.0. The first-order valence-electron chi connectivity index (χ1n) is 11.0. The summed E-state index contributed by atoms with van der Waals surface area (Å²) in [4.78, 5) is 27.3. The quantitative estimate of drug-likeness (QED) is 0.519. The maximum atomic E-state index is 13.3. The summed E-state index contributed by atoms with van der Waals surface area (Å²) < 4.78 is 0. The summed E-state index contributed by atoms with van der Waals surface area (Å²) in [5, 5.41) is 6.36. The van der Waals surface area contributed by atoms with Crippen LogP contribution >= 0.6 is 0 Å². The lowest BCUT2D eigenvalue weighted by Crippen LogP contribution is -2.35. The first kappa shape index (κ1) is 21.6. The fraction of sp³-hybridized carbons (Fsp3) is 0.231. The third-order valence-electron chi connectivity index (χ3n) is 5.70. The Labute approximate surface area is 188 Å². The minimum Gasteiger partial charge on any atom is -0.370 e. The van der Waals surface area contributed by atoms with Crippen LogP contribution in [-0.2, 0) is 16.1 Å². The molecule has 6 nitrogen and oxygen atoms in total. The van der Waals surface area contributed by atoms with Gasteiger partial charge in [-0.15, -0.1) is 0 Å². The van der Waals surface area contributed by atoms with Crippen LogP contribution < -0.4 is 21.3 Å². The first-order chi connectivity index (χ1) is 15.7. The van der Waals surface area contributed by atoms with Crippen LogP contribution in [0.15, 0.2) is 78.9 Å². The van der Waals surface area contributed by atoms with Gasteiger partial charge in [0, 0.05) is 36.6 Å². The van der Waals surface area contributed by atoms with Crippen LogP contribution in [0.3, 0.4) is 0 Å². The lowest BCUT2D eigenvalue weighted by Gasteiger charge is -2.27. The highest BCUT2D eigenvalue weighted by Crippen LogP contribution is 2.26. The average Bonchev–Trinajstić information content (AvgIpc) is 2.84. The SMILES string of the molecule is NCc1ccccc1N[C@H](C(=O)Nc1ccc(N2CCCCC2=O)cc1)c1ccccc1. The molecule has 0 aliphatic carbocycles. The van der Waals surface area contributed by atoms with E-state index in [0.717, 1.165) is 41.9 Å². The van der Waals surface area contributed by atoms with Crippen LogP contribution in [-0.4, -0.2) is 18.4 Å². The van der Waals surface area contributed by atoms with Gasteiger partial charge in [0.05, 0.1) is 0 Å². The molecule has 0 saturated carbocycles. The van der Waals surface area contributed by atoms with Crippen molar-refractivity contribution in [3.63, 3.8) is 0 Å². The molecule has 0 aromatic heterocycles. The molecular formula is C26H28N4O2. The fourth-order valence-corrected chi connectivity index (χ4v) is 3.96. The predicted octanol–water partition coefficient (Wildman–Crippen LogP) is 4.45. The monoisotopic (exact) mass is 428 g/mol. The Morgan fingerprint density at radius 1 is 0.938 bits per heavy atom. The number of anilines is 3. The van der Waals surface area contributed by atoms with E-state index in [0.29, 0.717) is 18.7 Å². The van der Waals surface area contributed by atoms with Gasteiger partial charge in [-0.3, -0.25) is 9.59 Å². The second-order valence-electron chi connectivity index (χ2n) is 7.89. The van der Waals surface area contributed by atoms with E-state index in [1.54, 1.807) is 0 Å². The molecule has 1 aliphatic heterocycles. The van der Waals surface area contributed by atoms with E-state index in [-0.39, 0.29) is 11.8 Å². The fourth-order valence-electron chi connectivity index (χ4n) is 3.96. The van der Waals surface area contributed by atoms with Crippen LogP contribution in [0.1, 0.15) is 36.4 Å². The topological polar surface area (TPSA) is 87.5 Å². The average molecular weight is 429 g/mol. The number of carbonyl (C=O) groups is 2. The third kappa shape index (κ3) is 4.98. The molecule has 0 spiro atoms. The van der Waals surface area contributed by atoms with Crippen molar-refractivity contribution in [2.24, 2.45) is 5.73 Å². The zero-order chi connectivity index (χ0) is 22.3. The van der Waals surface area contributed by atoms with Gasteiger partial charge in [0.25, 0.3) is 5.91 Å². The number of carbonyl (C=O) groups excluding carboxylic acids is 2. The van der Waals surface area contributed by atoms with E-state index in [9.17, 15) is 9.59 Å². The predicted molar refractivity (Wildman–Crippen MR) is 128 cm³/mol. The molecule has 3 aromatic carbocycles.